The van der Waals surface area contributed by atoms with Crippen molar-refractivity contribution in [2.75, 3.05) is 0 Å². The third kappa shape index (κ3) is 3.71. The summed E-state index contributed by atoms with van der Waals surface area (Å²) in [5.41, 5.74) is 0.823. The van der Waals surface area contributed by atoms with Crippen LogP contribution in [0.4, 0.5) is 0 Å². The van der Waals surface area contributed by atoms with E-state index < -0.39 is 0 Å². The van der Waals surface area contributed by atoms with E-state index >= 15 is 0 Å². The fourth-order valence-corrected chi connectivity index (χ4v) is 2.67. The lowest BCUT2D eigenvalue weighted by atomic mass is 10.2. The van der Waals surface area contributed by atoms with Gasteiger partial charge >= 0.3 is 5.97 Å². The molecule has 0 aliphatic carbocycles. The fourth-order valence-electron chi connectivity index (χ4n) is 1.28. The van der Waals surface area contributed by atoms with E-state index in [0.717, 1.165) is 5.56 Å². The zero-order valence-electron chi connectivity index (χ0n) is 9.75. The van der Waals surface area contributed by atoms with Crippen LogP contribution in [0.25, 0.3) is 0 Å². The minimum absolute atomic E-state index is 0.382. The Morgan fingerprint density at radius 2 is 1.89 bits per heavy atom. The topological polar surface area (TPSA) is 69.4 Å². The Bertz CT molecular complexity index is 603. The van der Waals surface area contributed by atoms with E-state index in [4.69, 9.17) is 4.74 Å². The monoisotopic (exact) mass is 386 g/mol. The van der Waals surface area contributed by atoms with Crippen molar-refractivity contribution in [1.82, 2.24) is 14.9 Å². The third-order valence-electron chi connectivity index (χ3n) is 2.01. The van der Waals surface area contributed by atoms with Gasteiger partial charge in [-0.3, -0.25) is 4.79 Å². The van der Waals surface area contributed by atoms with Gasteiger partial charge in [0.05, 0.1) is 15.2 Å². The Hall–Kier alpha value is -1.54. The molecule has 0 fully saturated rings. The largest absolute Gasteiger partial charge is 0.424 e. The first kappa shape index (κ1) is 13.9. The van der Waals surface area contributed by atoms with Gasteiger partial charge in [-0.25, -0.2) is 4.68 Å². The summed E-state index contributed by atoms with van der Waals surface area (Å²) in [4.78, 5) is 11.0. The number of hydrogen-bond donors (Lipinski definition) is 0. The molecule has 0 bridgehead atoms. The van der Waals surface area contributed by atoms with Gasteiger partial charge in [0, 0.05) is 6.92 Å². The second-order valence-electron chi connectivity index (χ2n) is 3.49. The SMILES string of the molecule is CC(=O)Oc1c(Br)cc(C=Nn2cnnc2)cc1Br. The number of nitrogens with zero attached hydrogens (tertiary/aromatic N) is 4. The van der Waals surface area contributed by atoms with Crippen LogP contribution in [0, 0.1) is 0 Å². The summed E-state index contributed by atoms with van der Waals surface area (Å²) in [6, 6.07) is 3.58. The summed E-state index contributed by atoms with van der Waals surface area (Å²) in [6.45, 7) is 1.35. The first-order chi connectivity index (χ1) is 9.06. The first-order valence-electron chi connectivity index (χ1n) is 5.12. The average molecular weight is 388 g/mol. The quantitative estimate of drug-likeness (QED) is 0.461. The number of esters is 1. The highest BCUT2D eigenvalue weighted by molar-refractivity contribution is 9.11. The number of hydrogen-bond acceptors (Lipinski definition) is 5. The summed E-state index contributed by atoms with van der Waals surface area (Å²) in [6.07, 6.45) is 4.60. The molecule has 0 radical (unpaired) electrons. The number of carbonyl (C=O) groups excluding carboxylic acids is 1. The lowest BCUT2D eigenvalue weighted by Gasteiger charge is -2.07. The predicted octanol–water partition coefficient (Wildman–Crippen LogP) is 2.61. The van der Waals surface area contributed by atoms with Gasteiger partial charge in [-0.05, 0) is 49.6 Å². The molecule has 0 amide bonds. The molecule has 2 rings (SSSR count). The van der Waals surface area contributed by atoms with Gasteiger partial charge in [-0.15, -0.1) is 10.2 Å². The molecule has 8 heteroatoms. The Balaban J connectivity index is 2.27. The molecule has 0 N–H and O–H groups in total. The standard InChI is InChI=1S/C11H8Br2N4O2/c1-7(18)19-11-9(12)2-8(3-10(11)13)4-16-17-5-14-15-6-17/h2-6H,1H3. The molecule has 0 aliphatic heterocycles. The maximum atomic E-state index is 11.0. The predicted molar refractivity (Wildman–Crippen MR) is 76.2 cm³/mol. The van der Waals surface area contributed by atoms with Crippen LogP contribution in [0.1, 0.15) is 12.5 Å². The van der Waals surface area contributed by atoms with Crippen LogP contribution in [0.3, 0.4) is 0 Å². The zero-order chi connectivity index (χ0) is 13.8. The molecule has 0 saturated heterocycles. The number of rotatable bonds is 3. The van der Waals surface area contributed by atoms with Gasteiger partial charge in [0.15, 0.2) is 5.75 Å². The average Bonchev–Trinajstić information content (AvgIpc) is 2.84. The molecule has 1 aromatic heterocycles. The van der Waals surface area contributed by atoms with Crippen LogP contribution in [0.15, 0.2) is 38.8 Å². The van der Waals surface area contributed by atoms with Crippen LogP contribution in [0.5, 0.6) is 5.75 Å². The second kappa shape index (κ2) is 6.07. The number of benzene rings is 1. The van der Waals surface area contributed by atoms with E-state index in [1.807, 2.05) is 0 Å². The molecule has 0 aliphatic rings. The summed E-state index contributed by atoms with van der Waals surface area (Å²) >= 11 is 6.69. The van der Waals surface area contributed by atoms with Crippen LogP contribution in [-0.2, 0) is 4.79 Å². The Kier molecular flexibility index (Phi) is 4.43. The Labute approximate surface area is 125 Å². The highest BCUT2D eigenvalue weighted by atomic mass is 79.9. The molecule has 2 aromatic rings. The minimum atomic E-state index is -0.382. The summed E-state index contributed by atoms with van der Waals surface area (Å²) < 4.78 is 7.86. The Morgan fingerprint density at radius 3 is 2.42 bits per heavy atom. The minimum Gasteiger partial charge on any atom is -0.424 e. The van der Waals surface area contributed by atoms with Gasteiger partial charge in [-0.2, -0.15) is 5.10 Å². The molecule has 1 heterocycles. The highest BCUT2D eigenvalue weighted by Gasteiger charge is 2.10. The normalized spacial score (nSPS) is 10.9. The van der Waals surface area contributed by atoms with Crippen molar-refractivity contribution in [3.63, 3.8) is 0 Å². The molecule has 19 heavy (non-hydrogen) atoms. The molecular formula is C11H8Br2N4O2. The van der Waals surface area contributed by atoms with Gasteiger partial charge in [0.1, 0.15) is 12.7 Å². The lowest BCUT2D eigenvalue weighted by Crippen LogP contribution is -2.03. The van der Waals surface area contributed by atoms with Gasteiger partial charge in [0.25, 0.3) is 0 Å². The van der Waals surface area contributed by atoms with Crippen molar-refractivity contribution in [3.8, 4) is 5.75 Å². The van der Waals surface area contributed by atoms with E-state index in [0.29, 0.717) is 14.7 Å². The second-order valence-corrected chi connectivity index (χ2v) is 5.20. The van der Waals surface area contributed by atoms with Crippen molar-refractivity contribution in [3.05, 3.63) is 39.3 Å². The molecule has 0 spiro atoms. The summed E-state index contributed by atoms with van der Waals surface area (Å²) in [5, 5.41) is 11.4. The molecule has 0 atom stereocenters. The highest BCUT2D eigenvalue weighted by Crippen LogP contribution is 2.34. The molecule has 98 valence electrons. The van der Waals surface area contributed by atoms with E-state index in [9.17, 15) is 4.79 Å². The zero-order valence-corrected chi connectivity index (χ0v) is 12.9. The number of carbonyl (C=O) groups is 1. The fraction of sp³-hybridized carbons (Fsp3) is 0.0909. The van der Waals surface area contributed by atoms with Crippen molar-refractivity contribution < 1.29 is 9.53 Å². The molecular weight excluding hydrogens is 380 g/mol. The van der Waals surface area contributed by atoms with Gasteiger partial charge in [-0.1, -0.05) is 0 Å². The summed E-state index contributed by atoms with van der Waals surface area (Å²) in [5.74, 6) is 0.0567. The first-order valence-corrected chi connectivity index (χ1v) is 6.71. The van der Waals surface area contributed by atoms with E-state index in [2.05, 4.69) is 47.2 Å². The molecule has 6 nitrogen and oxygen atoms in total. The molecule has 1 aromatic carbocycles. The lowest BCUT2D eigenvalue weighted by molar-refractivity contribution is -0.131. The number of halogens is 2. The van der Waals surface area contributed by atoms with Crippen molar-refractivity contribution in [1.29, 1.82) is 0 Å². The van der Waals surface area contributed by atoms with Crippen LogP contribution >= 0.6 is 31.9 Å². The van der Waals surface area contributed by atoms with Crippen LogP contribution < -0.4 is 4.74 Å². The maximum Gasteiger partial charge on any atom is 0.308 e. The summed E-state index contributed by atoms with van der Waals surface area (Å²) in [7, 11) is 0. The third-order valence-corrected chi connectivity index (χ3v) is 3.19. The molecule has 0 saturated carbocycles. The maximum absolute atomic E-state index is 11.0. The number of ether oxygens (including phenoxy) is 1. The smallest absolute Gasteiger partial charge is 0.308 e. The van der Waals surface area contributed by atoms with E-state index in [1.54, 1.807) is 18.3 Å². The van der Waals surface area contributed by atoms with E-state index in [-0.39, 0.29) is 5.97 Å². The molecule has 0 unspecified atom stereocenters. The van der Waals surface area contributed by atoms with Crippen LogP contribution in [0.2, 0.25) is 0 Å². The number of aromatic nitrogens is 3. The van der Waals surface area contributed by atoms with Gasteiger partial charge < -0.3 is 4.74 Å². The van der Waals surface area contributed by atoms with Gasteiger partial charge in [0.2, 0.25) is 0 Å². The Morgan fingerprint density at radius 1 is 1.32 bits per heavy atom. The van der Waals surface area contributed by atoms with Crippen molar-refractivity contribution in [2.45, 2.75) is 6.92 Å². The van der Waals surface area contributed by atoms with Crippen LogP contribution in [-0.4, -0.2) is 27.1 Å². The van der Waals surface area contributed by atoms with Crippen molar-refractivity contribution in [2.24, 2.45) is 5.10 Å². The van der Waals surface area contributed by atoms with Crippen molar-refractivity contribution >= 4 is 44.0 Å². The van der Waals surface area contributed by atoms with E-state index in [1.165, 1.54) is 24.3 Å².